The molecule has 2 aliphatic carbocycles. The highest BCUT2D eigenvalue weighted by molar-refractivity contribution is 6.30. The normalized spacial score (nSPS) is 20.9. The third-order valence-corrected chi connectivity index (χ3v) is 10.5. The van der Waals surface area contributed by atoms with Gasteiger partial charge in [-0.15, -0.1) is 0 Å². The van der Waals surface area contributed by atoms with Gasteiger partial charge in [-0.05, 0) is 49.5 Å². The number of carboxylic acid groups (broad SMARTS) is 1. The number of carboxylic acids is 1. The van der Waals surface area contributed by atoms with Gasteiger partial charge in [0, 0.05) is 55.5 Å². The molecule has 1 aliphatic heterocycles. The predicted molar refractivity (Wildman–Crippen MR) is 204 cm³/mol. The molecule has 1 saturated heterocycles. The van der Waals surface area contributed by atoms with Crippen LogP contribution in [-0.4, -0.2) is 102 Å². The molecule has 0 bridgehead atoms. The van der Waals surface area contributed by atoms with Crippen molar-refractivity contribution >= 4 is 41.1 Å². The van der Waals surface area contributed by atoms with Crippen molar-refractivity contribution in [1.29, 1.82) is 0 Å². The van der Waals surface area contributed by atoms with Gasteiger partial charge in [0.15, 0.2) is 5.78 Å². The molecule has 0 radical (unpaired) electrons. The first-order valence-corrected chi connectivity index (χ1v) is 19.6. The Morgan fingerprint density at radius 3 is 2.29 bits per heavy atom. The van der Waals surface area contributed by atoms with E-state index in [1.807, 2.05) is 27.7 Å². The van der Waals surface area contributed by atoms with E-state index in [0.717, 1.165) is 51.4 Å². The Bertz CT molecular complexity index is 1600. The molecule has 3 aliphatic rings. The first kappa shape index (κ1) is 43.5. The van der Waals surface area contributed by atoms with Gasteiger partial charge in [0.25, 0.3) is 5.91 Å². The fourth-order valence-corrected chi connectivity index (χ4v) is 7.10. The molecule has 15 nitrogen and oxygen atoms in total. The Hall–Kier alpha value is -4.21. The van der Waals surface area contributed by atoms with E-state index in [9.17, 15) is 34.2 Å². The quantitative estimate of drug-likeness (QED) is 0.163. The number of hydrogen-bond acceptors (Lipinski definition) is 11. The smallest absolute Gasteiger partial charge is 0.326 e. The molecular weight excluding hydrogens is 730 g/mol. The third kappa shape index (κ3) is 12.9. The zero-order valence-corrected chi connectivity index (χ0v) is 32.9. The lowest BCUT2D eigenvalue weighted by atomic mass is 9.76. The van der Waals surface area contributed by atoms with Crippen LogP contribution in [0.25, 0.3) is 0 Å². The van der Waals surface area contributed by atoms with E-state index in [1.54, 1.807) is 12.1 Å². The number of aliphatic hydroxyl groups is 1. The van der Waals surface area contributed by atoms with Crippen LogP contribution < -0.4 is 21.1 Å². The minimum absolute atomic E-state index is 0.0137. The molecule has 0 aromatic carbocycles. The predicted octanol–water partition coefficient (Wildman–Crippen LogP) is 3.71. The van der Waals surface area contributed by atoms with Gasteiger partial charge in [-0.25, -0.2) is 14.8 Å². The number of aliphatic hydroxyl groups excluding tert-OH is 1. The average Bonchev–Trinajstić information content (AvgIpc) is 3.88. The topological polar surface area (TPSA) is 227 Å². The maximum absolute atomic E-state index is 14.0. The molecule has 2 aromatic heterocycles. The number of nitrogens with zero attached hydrogens (tertiary/aromatic N) is 4. The van der Waals surface area contributed by atoms with E-state index in [1.165, 1.54) is 29.7 Å². The van der Waals surface area contributed by atoms with Crippen LogP contribution in [0.2, 0.25) is 5.02 Å². The van der Waals surface area contributed by atoms with Gasteiger partial charge in [-0.1, -0.05) is 65.0 Å². The van der Waals surface area contributed by atoms with Gasteiger partial charge >= 0.3 is 5.97 Å². The maximum Gasteiger partial charge on any atom is 0.326 e. The summed E-state index contributed by atoms with van der Waals surface area (Å²) in [5.41, 5.74) is 5.05. The second-order valence-corrected chi connectivity index (χ2v) is 16.3. The van der Waals surface area contributed by atoms with Crippen molar-refractivity contribution in [3.63, 3.8) is 0 Å². The van der Waals surface area contributed by atoms with Gasteiger partial charge in [0.1, 0.15) is 30.0 Å². The minimum atomic E-state index is -1.16. The Balaban J connectivity index is 0.000000437. The van der Waals surface area contributed by atoms with Crippen molar-refractivity contribution in [2.45, 2.75) is 135 Å². The molecule has 55 heavy (non-hydrogen) atoms. The van der Waals surface area contributed by atoms with Crippen LogP contribution in [0.5, 0.6) is 5.88 Å². The number of halogens is 1. The fourth-order valence-electron chi connectivity index (χ4n) is 6.98. The number of ketones is 1. The van der Waals surface area contributed by atoms with Crippen LogP contribution in [0.15, 0.2) is 36.9 Å². The van der Waals surface area contributed by atoms with Crippen molar-refractivity contribution in [3.8, 4) is 5.88 Å². The average molecular weight is 786 g/mol. The molecule has 6 N–H and O–H groups in total. The molecule has 2 aromatic rings. The molecular formula is C39H56ClN7O8. The van der Waals surface area contributed by atoms with Crippen LogP contribution in [-0.2, 0) is 19.2 Å². The van der Waals surface area contributed by atoms with E-state index in [2.05, 4.69) is 25.6 Å². The first-order chi connectivity index (χ1) is 26.1. The van der Waals surface area contributed by atoms with E-state index in [-0.39, 0.29) is 54.6 Å². The molecule has 2 saturated carbocycles. The highest BCUT2D eigenvalue weighted by atomic mass is 35.5. The summed E-state index contributed by atoms with van der Waals surface area (Å²) in [6.45, 7) is 7.43. The van der Waals surface area contributed by atoms with Crippen LogP contribution in [0, 0.1) is 17.3 Å². The Morgan fingerprint density at radius 1 is 1.02 bits per heavy atom. The summed E-state index contributed by atoms with van der Waals surface area (Å²) in [5.74, 6) is -3.06. The number of rotatable bonds is 15. The first-order valence-electron chi connectivity index (χ1n) is 19.2. The fraction of sp³-hybridized carbons (Fsp3) is 0.641. The van der Waals surface area contributed by atoms with E-state index in [4.69, 9.17) is 22.1 Å². The number of hydrogen-bond donors (Lipinski definition) is 5. The second-order valence-electron chi connectivity index (χ2n) is 15.8. The lowest BCUT2D eigenvalue weighted by Gasteiger charge is -2.37. The second kappa shape index (κ2) is 20.1. The molecule has 1 unspecified atom stereocenters. The molecule has 16 heteroatoms. The van der Waals surface area contributed by atoms with E-state index < -0.39 is 59.5 Å². The lowest BCUT2D eigenvalue weighted by Crippen LogP contribution is -2.58. The summed E-state index contributed by atoms with van der Waals surface area (Å²) in [6, 6.07) is 0.883. The van der Waals surface area contributed by atoms with Gasteiger partial charge in [0.05, 0.1) is 17.8 Å². The molecule has 3 fully saturated rings. The summed E-state index contributed by atoms with van der Waals surface area (Å²) < 4.78 is 5.88. The number of nitrogens with two attached hydrogens (primary N) is 1. The molecule has 3 amide bonds. The number of amides is 3. The van der Waals surface area contributed by atoms with Crippen molar-refractivity contribution in [2.24, 2.45) is 23.0 Å². The summed E-state index contributed by atoms with van der Waals surface area (Å²) in [7, 11) is 0. The van der Waals surface area contributed by atoms with Crippen LogP contribution in [0.3, 0.4) is 0 Å². The number of likely N-dealkylation sites (tertiary alicyclic amines) is 1. The van der Waals surface area contributed by atoms with Crippen LogP contribution in [0.1, 0.15) is 109 Å². The van der Waals surface area contributed by atoms with Crippen molar-refractivity contribution in [1.82, 2.24) is 30.5 Å². The highest BCUT2D eigenvalue weighted by Gasteiger charge is 2.47. The maximum atomic E-state index is 14.0. The lowest BCUT2D eigenvalue weighted by molar-refractivity contribution is -0.151. The number of aliphatic carboxylic acids is 1. The van der Waals surface area contributed by atoms with Crippen molar-refractivity contribution in [2.75, 3.05) is 6.54 Å². The number of nitrogens with one attached hydrogen (secondary N) is 2. The number of Topliss-reactive ketones (excluding diaryl/α,β-unsaturated/α-hetero) is 1. The van der Waals surface area contributed by atoms with E-state index >= 15 is 0 Å². The summed E-state index contributed by atoms with van der Waals surface area (Å²) in [5, 5.41) is 25.5. The Morgan fingerprint density at radius 2 is 1.73 bits per heavy atom. The zero-order valence-electron chi connectivity index (χ0n) is 32.2. The number of pyridine rings is 1. The molecule has 3 heterocycles. The van der Waals surface area contributed by atoms with Crippen LogP contribution >= 0.6 is 11.6 Å². The van der Waals surface area contributed by atoms with Gasteiger partial charge in [-0.3, -0.25) is 24.2 Å². The van der Waals surface area contributed by atoms with Gasteiger partial charge in [-0.2, -0.15) is 0 Å². The third-order valence-electron chi connectivity index (χ3n) is 10.2. The summed E-state index contributed by atoms with van der Waals surface area (Å²) in [6.07, 6.45) is 12.3. The summed E-state index contributed by atoms with van der Waals surface area (Å²) in [4.78, 5) is 77.9. The number of aromatic nitrogens is 3. The van der Waals surface area contributed by atoms with Gasteiger partial charge in [0.2, 0.25) is 17.7 Å². The molecule has 6 atom stereocenters. The van der Waals surface area contributed by atoms with Crippen molar-refractivity contribution in [3.05, 3.63) is 47.6 Å². The number of ether oxygens (including phenoxy) is 1. The molecule has 5 rings (SSSR count). The highest BCUT2D eigenvalue weighted by Crippen LogP contribution is 2.34. The standard InChI is InChI=1S/C30H38ClN5O6.C9H18N2O2/c1-30(2,3)26(28(39)36-17-20(13-23(36)29(40)41)42-25-10-9-19(31)15-34-25)35-27(38)21(18-7-5-4-6-8-18)14-24(37)22-16-32-11-12-33-22;1-2-3-7(10)8(12)9(13)11-6-4-5-6/h9-12,15-16,18,20-21,23,26H,4-8,13-14,17H2,1-3H3,(H,35,38)(H,40,41);6-8,12H,2-5,10H2,1H3,(H,11,13)/t20-,21+,23+,26-;7-,8?/m10/s1. The van der Waals surface area contributed by atoms with Gasteiger partial charge < -0.3 is 36.2 Å². The monoisotopic (exact) mass is 785 g/mol. The largest absolute Gasteiger partial charge is 0.480 e. The number of carbonyl (C=O) groups is 5. The molecule has 302 valence electrons. The minimum Gasteiger partial charge on any atom is -0.480 e. The Labute approximate surface area is 327 Å². The van der Waals surface area contributed by atoms with Crippen LogP contribution in [0.4, 0.5) is 0 Å². The number of carbonyl (C=O) groups excluding carboxylic acids is 4. The SMILES string of the molecule is CC(C)(C)[C@H](NC(=O)[C@@H](CC(=O)c1cnccn1)C1CCCCC1)C(=O)N1C[C@H](Oc2ccc(Cl)cn2)C[C@H]1C(=O)O.CCC[C@H](N)C(O)C(=O)NC1CC1. The summed E-state index contributed by atoms with van der Waals surface area (Å²) >= 11 is 5.90. The zero-order chi connectivity index (χ0) is 40.3. The molecule has 0 spiro atoms. The Kier molecular flexibility index (Phi) is 15.9. The van der Waals surface area contributed by atoms with Crippen molar-refractivity contribution < 1.29 is 38.9 Å². The van der Waals surface area contributed by atoms with E-state index in [0.29, 0.717) is 11.4 Å².